The summed E-state index contributed by atoms with van der Waals surface area (Å²) in [5.74, 6) is 0.398. The maximum atomic E-state index is 12.0. The van der Waals surface area contributed by atoms with Crippen LogP contribution in [0.3, 0.4) is 0 Å². The van der Waals surface area contributed by atoms with Gasteiger partial charge in [0.2, 0.25) is 0 Å². The molecular formula is C15H26O3. The van der Waals surface area contributed by atoms with Crippen LogP contribution in [0.25, 0.3) is 0 Å². The van der Waals surface area contributed by atoms with E-state index < -0.39 is 5.60 Å². The molecule has 0 amide bonds. The van der Waals surface area contributed by atoms with Crippen molar-refractivity contribution >= 4 is 5.97 Å². The fourth-order valence-electron chi connectivity index (χ4n) is 3.78. The highest BCUT2D eigenvalue weighted by Gasteiger charge is 2.50. The van der Waals surface area contributed by atoms with Crippen LogP contribution in [0.2, 0.25) is 0 Å². The normalized spacial score (nSPS) is 41.2. The average Bonchev–Trinajstić information content (AvgIpc) is 2.25. The van der Waals surface area contributed by atoms with Gasteiger partial charge in [0.05, 0.1) is 11.5 Å². The van der Waals surface area contributed by atoms with Gasteiger partial charge in [0, 0.05) is 6.42 Å². The van der Waals surface area contributed by atoms with Gasteiger partial charge in [-0.15, -0.1) is 0 Å². The van der Waals surface area contributed by atoms with Gasteiger partial charge in [-0.3, -0.25) is 4.79 Å². The summed E-state index contributed by atoms with van der Waals surface area (Å²) in [6.45, 7) is 5.81. The Morgan fingerprint density at radius 1 is 1.50 bits per heavy atom. The van der Waals surface area contributed by atoms with Gasteiger partial charge in [-0.05, 0) is 44.9 Å². The van der Waals surface area contributed by atoms with E-state index in [1.807, 2.05) is 20.8 Å². The summed E-state index contributed by atoms with van der Waals surface area (Å²) in [6, 6.07) is 0. The van der Waals surface area contributed by atoms with Gasteiger partial charge >= 0.3 is 5.97 Å². The van der Waals surface area contributed by atoms with Crippen molar-refractivity contribution in [1.29, 1.82) is 0 Å². The van der Waals surface area contributed by atoms with Crippen LogP contribution in [0.5, 0.6) is 0 Å². The molecule has 2 aliphatic carbocycles. The van der Waals surface area contributed by atoms with E-state index in [1.165, 1.54) is 6.42 Å². The molecule has 0 aromatic rings. The van der Waals surface area contributed by atoms with Crippen molar-refractivity contribution in [1.82, 2.24) is 0 Å². The zero-order valence-electron chi connectivity index (χ0n) is 11.9. The monoisotopic (exact) mass is 254 g/mol. The Bertz CT molecular complexity index is 324. The maximum absolute atomic E-state index is 12.0. The molecule has 3 heteroatoms. The summed E-state index contributed by atoms with van der Waals surface area (Å²) >= 11 is 0. The van der Waals surface area contributed by atoms with Gasteiger partial charge in [-0.2, -0.15) is 0 Å². The smallest absolute Gasteiger partial charge is 0.309 e. The number of ether oxygens (including phenoxy) is 1. The molecule has 0 radical (unpaired) electrons. The molecule has 18 heavy (non-hydrogen) atoms. The SMILES string of the molecule is CCC(C)C(=O)OC12CCCC(CC(C)(O)C1)C2. The Hall–Kier alpha value is -0.570. The highest BCUT2D eigenvalue weighted by molar-refractivity contribution is 5.72. The van der Waals surface area contributed by atoms with Gasteiger partial charge in [-0.25, -0.2) is 0 Å². The summed E-state index contributed by atoms with van der Waals surface area (Å²) in [5.41, 5.74) is -1.05. The van der Waals surface area contributed by atoms with Crippen molar-refractivity contribution in [3.8, 4) is 0 Å². The van der Waals surface area contributed by atoms with Crippen molar-refractivity contribution < 1.29 is 14.6 Å². The van der Waals surface area contributed by atoms with E-state index in [0.29, 0.717) is 12.3 Å². The number of carbonyl (C=O) groups is 1. The van der Waals surface area contributed by atoms with Crippen molar-refractivity contribution in [3.05, 3.63) is 0 Å². The van der Waals surface area contributed by atoms with Crippen LogP contribution < -0.4 is 0 Å². The van der Waals surface area contributed by atoms with E-state index in [4.69, 9.17) is 4.74 Å². The topological polar surface area (TPSA) is 46.5 Å². The molecule has 2 bridgehead atoms. The second-order valence-corrected chi connectivity index (χ2v) is 6.75. The van der Waals surface area contributed by atoms with Crippen molar-refractivity contribution in [2.75, 3.05) is 0 Å². The van der Waals surface area contributed by atoms with Gasteiger partial charge < -0.3 is 9.84 Å². The number of hydrogen-bond acceptors (Lipinski definition) is 3. The lowest BCUT2D eigenvalue weighted by Crippen LogP contribution is -2.52. The van der Waals surface area contributed by atoms with Crippen LogP contribution in [-0.4, -0.2) is 22.3 Å². The Morgan fingerprint density at radius 2 is 2.22 bits per heavy atom. The largest absolute Gasteiger partial charge is 0.459 e. The van der Waals surface area contributed by atoms with Gasteiger partial charge in [0.1, 0.15) is 5.60 Å². The lowest BCUT2D eigenvalue weighted by molar-refractivity contribution is -0.189. The molecule has 4 atom stereocenters. The van der Waals surface area contributed by atoms with Gasteiger partial charge in [-0.1, -0.05) is 20.3 Å². The lowest BCUT2D eigenvalue weighted by Gasteiger charge is -2.50. The quantitative estimate of drug-likeness (QED) is 0.787. The maximum Gasteiger partial charge on any atom is 0.309 e. The van der Waals surface area contributed by atoms with E-state index in [1.54, 1.807) is 0 Å². The molecule has 2 saturated carbocycles. The van der Waals surface area contributed by atoms with Crippen LogP contribution in [0.15, 0.2) is 0 Å². The number of hydrogen-bond donors (Lipinski definition) is 1. The van der Waals surface area contributed by atoms with Crippen LogP contribution >= 0.6 is 0 Å². The fraction of sp³-hybridized carbons (Fsp3) is 0.933. The van der Waals surface area contributed by atoms with E-state index in [9.17, 15) is 9.90 Å². The summed E-state index contributed by atoms with van der Waals surface area (Å²) in [4.78, 5) is 12.0. The van der Waals surface area contributed by atoms with E-state index in [2.05, 4.69) is 0 Å². The predicted octanol–water partition coefficient (Wildman–Crippen LogP) is 3.05. The highest BCUT2D eigenvalue weighted by Crippen LogP contribution is 2.49. The first kappa shape index (κ1) is 13.9. The summed E-state index contributed by atoms with van der Waals surface area (Å²) in [7, 11) is 0. The van der Waals surface area contributed by atoms with Gasteiger partial charge in [0.15, 0.2) is 0 Å². The minimum absolute atomic E-state index is 0.0355. The van der Waals surface area contributed by atoms with Crippen molar-refractivity contribution in [3.63, 3.8) is 0 Å². The minimum Gasteiger partial charge on any atom is -0.459 e. The molecule has 0 aromatic heterocycles. The standard InChI is InChI=1S/C15H26O3/c1-4-11(2)13(16)18-15-7-5-6-12(9-15)8-14(3,17)10-15/h11-12,17H,4-10H2,1-3H3. The number of carbonyl (C=O) groups excluding carboxylic acids is 1. The third-order valence-corrected chi connectivity index (χ3v) is 4.67. The minimum atomic E-state index is -0.668. The molecule has 2 rings (SSSR count). The zero-order chi connectivity index (χ0) is 13.4. The fourth-order valence-corrected chi connectivity index (χ4v) is 3.78. The Balaban J connectivity index is 2.10. The molecular weight excluding hydrogens is 228 g/mol. The molecule has 3 nitrogen and oxygen atoms in total. The Kier molecular flexibility index (Phi) is 3.72. The third kappa shape index (κ3) is 2.87. The first-order valence-electron chi connectivity index (χ1n) is 7.31. The molecule has 4 unspecified atom stereocenters. The second kappa shape index (κ2) is 4.84. The van der Waals surface area contributed by atoms with Gasteiger partial charge in [0.25, 0.3) is 0 Å². The predicted molar refractivity (Wildman–Crippen MR) is 70.1 cm³/mol. The molecule has 0 saturated heterocycles. The van der Waals surface area contributed by atoms with E-state index in [-0.39, 0.29) is 17.5 Å². The molecule has 0 aromatic carbocycles. The second-order valence-electron chi connectivity index (χ2n) is 6.75. The number of esters is 1. The van der Waals surface area contributed by atoms with Crippen LogP contribution in [0, 0.1) is 11.8 Å². The molecule has 2 aliphatic rings. The van der Waals surface area contributed by atoms with E-state index in [0.717, 1.165) is 32.1 Å². The highest BCUT2D eigenvalue weighted by atomic mass is 16.6. The first-order chi connectivity index (χ1) is 8.36. The first-order valence-corrected chi connectivity index (χ1v) is 7.31. The van der Waals surface area contributed by atoms with Crippen LogP contribution in [0.4, 0.5) is 0 Å². The van der Waals surface area contributed by atoms with E-state index >= 15 is 0 Å². The van der Waals surface area contributed by atoms with Crippen LogP contribution in [-0.2, 0) is 9.53 Å². The average molecular weight is 254 g/mol. The molecule has 0 aliphatic heterocycles. The number of rotatable bonds is 3. The Morgan fingerprint density at radius 3 is 2.89 bits per heavy atom. The lowest BCUT2D eigenvalue weighted by atomic mass is 9.64. The molecule has 1 N–H and O–H groups in total. The third-order valence-electron chi connectivity index (χ3n) is 4.67. The van der Waals surface area contributed by atoms with Crippen molar-refractivity contribution in [2.45, 2.75) is 76.9 Å². The Labute approximate surface area is 110 Å². The zero-order valence-corrected chi connectivity index (χ0v) is 11.9. The summed E-state index contributed by atoms with van der Waals surface area (Å²) in [6.07, 6.45) is 6.43. The molecule has 104 valence electrons. The molecule has 2 fully saturated rings. The molecule has 0 heterocycles. The summed E-state index contributed by atoms with van der Waals surface area (Å²) in [5, 5.41) is 10.4. The molecule has 0 spiro atoms. The summed E-state index contributed by atoms with van der Waals surface area (Å²) < 4.78 is 5.84. The van der Waals surface area contributed by atoms with Crippen LogP contribution in [0.1, 0.15) is 65.7 Å². The van der Waals surface area contributed by atoms with Crippen molar-refractivity contribution in [2.24, 2.45) is 11.8 Å². The number of fused-ring (bicyclic) bond motifs is 2. The number of aliphatic hydroxyl groups is 1.